The summed E-state index contributed by atoms with van der Waals surface area (Å²) < 4.78 is 0. The summed E-state index contributed by atoms with van der Waals surface area (Å²) in [5.41, 5.74) is 0.823. The van der Waals surface area contributed by atoms with E-state index in [1.807, 2.05) is 25.1 Å². The van der Waals surface area contributed by atoms with Gasteiger partial charge in [-0.3, -0.25) is 14.9 Å². The first-order valence-corrected chi connectivity index (χ1v) is 6.29. The molecule has 3 N–H and O–H groups in total. The maximum Gasteiger partial charge on any atom is 0.320 e. The maximum absolute atomic E-state index is 11.7. The van der Waals surface area contributed by atoms with E-state index in [2.05, 4.69) is 10.6 Å². The lowest BCUT2D eigenvalue weighted by molar-refractivity contribution is -0.139. The lowest BCUT2D eigenvalue weighted by Crippen LogP contribution is -2.42. The Hall–Kier alpha value is -1.59. The molecule has 0 aliphatic heterocycles. The summed E-state index contributed by atoms with van der Waals surface area (Å²) in [6.45, 7) is 3.25. The molecule has 0 fully saturated rings. The molecule has 0 aliphatic rings. The largest absolute Gasteiger partial charge is 0.480 e. The first-order chi connectivity index (χ1) is 8.91. The van der Waals surface area contributed by atoms with E-state index in [1.54, 1.807) is 6.07 Å². The van der Waals surface area contributed by atoms with Crippen LogP contribution in [0, 0.1) is 0 Å². The van der Waals surface area contributed by atoms with Crippen LogP contribution in [-0.4, -0.2) is 29.6 Å². The number of carboxylic acid groups (broad SMARTS) is 1. The molecule has 0 radical (unpaired) electrons. The summed E-state index contributed by atoms with van der Waals surface area (Å²) >= 11 is 6.03. The molecular formula is C13H17ClN2O3. The van der Waals surface area contributed by atoms with Crippen LogP contribution in [0.3, 0.4) is 0 Å². The number of amides is 1. The number of hydrogen-bond acceptors (Lipinski definition) is 3. The molecule has 2 atom stereocenters. The second kappa shape index (κ2) is 7.11. The fourth-order valence-electron chi connectivity index (χ4n) is 1.53. The predicted molar refractivity (Wildman–Crippen MR) is 73.1 cm³/mol. The van der Waals surface area contributed by atoms with E-state index < -0.39 is 12.0 Å². The Balaban J connectivity index is 2.49. The molecule has 0 bridgehead atoms. The van der Waals surface area contributed by atoms with Gasteiger partial charge >= 0.3 is 5.97 Å². The average molecular weight is 285 g/mol. The SMILES string of the molecule is CC(NC(=O)CN[C@H](C)C(=O)O)c1ccccc1Cl. The highest BCUT2D eigenvalue weighted by atomic mass is 35.5. The van der Waals surface area contributed by atoms with E-state index in [1.165, 1.54) is 6.92 Å². The Morgan fingerprint density at radius 2 is 1.95 bits per heavy atom. The first kappa shape index (κ1) is 15.5. The Morgan fingerprint density at radius 3 is 2.53 bits per heavy atom. The number of rotatable bonds is 6. The van der Waals surface area contributed by atoms with Gasteiger partial charge in [0.1, 0.15) is 6.04 Å². The predicted octanol–water partition coefficient (Wildman–Crippen LogP) is 1.58. The normalized spacial score (nSPS) is 13.6. The van der Waals surface area contributed by atoms with Gasteiger partial charge in [-0.15, -0.1) is 0 Å². The summed E-state index contributed by atoms with van der Waals surface area (Å²) in [5, 5.41) is 14.6. The Morgan fingerprint density at radius 1 is 1.32 bits per heavy atom. The smallest absolute Gasteiger partial charge is 0.320 e. The highest BCUT2D eigenvalue weighted by Crippen LogP contribution is 2.21. The highest BCUT2D eigenvalue weighted by Gasteiger charge is 2.14. The molecule has 0 aromatic heterocycles. The molecular weight excluding hydrogens is 268 g/mol. The molecule has 0 saturated carbocycles. The third-order valence-electron chi connectivity index (χ3n) is 2.69. The number of carbonyl (C=O) groups excluding carboxylic acids is 1. The monoisotopic (exact) mass is 284 g/mol. The van der Waals surface area contributed by atoms with Gasteiger partial charge in [0.05, 0.1) is 12.6 Å². The van der Waals surface area contributed by atoms with Crippen molar-refractivity contribution in [2.75, 3.05) is 6.54 Å². The molecule has 0 spiro atoms. The maximum atomic E-state index is 11.7. The molecule has 1 aromatic carbocycles. The van der Waals surface area contributed by atoms with Gasteiger partial charge in [-0.05, 0) is 25.5 Å². The Labute approximate surface area is 117 Å². The minimum Gasteiger partial charge on any atom is -0.480 e. The summed E-state index contributed by atoms with van der Waals surface area (Å²) in [6, 6.07) is 6.25. The molecule has 0 saturated heterocycles. The van der Waals surface area contributed by atoms with E-state index >= 15 is 0 Å². The third-order valence-corrected chi connectivity index (χ3v) is 3.03. The number of benzene rings is 1. The van der Waals surface area contributed by atoms with Gasteiger partial charge in [0.15, 0.2) is 0 Å². The number of carboxylic acids is 1. The number of hydrogen-bond donors (Lipinski definition) is 3. The van der Waals surface area contributed by atoms with Crippen LogP contribution in [-0.2, 0) is 9.59 Å². The number of halogens is 1. The van der Waals surface area contributed by atoms with Crippen LogP contribution in [0.1, 0.15) is 25.5 Å². The van der Waals surface area contributed by atoms with Gasteiger partial charge in [0.2, 0.25) is 5.91 Å². The molecule has 1 aromatic rings. The van der Waals surface area contributed by atoms with Crippen LogP contribution in [0.5, 0.6) is 0 Å². The van der Waals surface area contributed by atoms with E-state index in [-0.39, 0.29) is 18.5 Å². The van der Waals surface area contributed by atoms with Crippen LogP contribution in [0.4, 0.5) is 0 Å². The fourth-order valence-corrected chi connectivity index (χ4v) is 1.83. The minimum atomic E-state index is -0.994. The fraction of sp³-hybridized carbons (Fsp3) is 0.385. The molecule has 104 valence electrons. The summed E-state index contributed by atoms with van der Waals surface area (Å²) in [7, 11) is 0. The van der Waals surface area contributed by atoms with E-state index in [0.717, 1.165) is 5.56 Å². The molecule has 5 nitrogen and oxygen atoms in total. The molecule has 0 heterocycles. The lowest BCUT2D eigenvalue weighted by atomic mass is 10.1. The number of nitrogens with one attached hydrogen (secondary N) is 2. The molecule has 1 unspecified atom stereocenters. The third kappa shape index (κ3) is 4.89. The molecule has 19 heavy (non-hydrogen) atoms. The van der Waals surface area contributed by atoms with Gasteiger partial charge in [-0.1, -0.05) is 29.8 Å². The van der Waals surface area contributed by atoms with Crippen molar-refractivity contribution in [2.45, 2.75) is 25.9 Å². The quantitative estimate of drug-likeness (QED) is 0.741. The van der Waals surface area contributed by atoms with Crippen LogP contribution in [0.15, 0.2) is 24.3 Å². The molecule has 1 amide bonds. The minimum absolute atomic E-state index is 0.0533. The van der Waals surface area contributed by atoms with Crippen LogP contribution in [0.25, 0.3) is 0 Å². The van der Waals surface area contributed by atoms with Gasteiger partial charge in [-0.2, -0.15) is 0 Å². The van der Waals surface area contributed by atoms with Gasteiger partial charge in [0.25, 0.3) is 0 Å². The van der Waals surface area contributed by atoms with E-state index in [9.17, 15) is 9.59 Å². The van der Waals surface area contributed by atoms with Crippen molar-refractivity contribution in [3.05, 3.63) is 34.9 Å². The lowest BCUT2D eigenvalue weighted by Gasteiger charge is -2.16. The number of aliphatic carboxylic acids is 1. The van der Waals surface area contributed by atoms with Crippen LogP contribution >= 0.6 is 11.6 Å². The standard InChI is InChI=1S/C13H17ClN2O3/c1-8(10-5-3-4-6-11(10)14)16-12(17)7-15-9(2)13(18)19/h3-6,8-9,15H,7H2,1-2H3,(H,16,17)(H,18,19)/t8?,9-/m1/s1. The highest BCUT2D eigenvalue weighted by molar-refractivity contribution is 6.31. The zero-order valence-corrected chi connectivity index (χ0v) is 11.6. The van der Waals surface area contributed by atoms with Gasteiger partial charge in [-0.25, -0.2) is 0 Å². The van der Waals surface area contributed by atoms with E-state index in [0.29, 0.717) is 5.02 Å². The van der Waals surface area contributed by atoms with Crippen LogP contribution in [0.2, 0.25) is 5.02 Å². The molecule has 0 aliphatic carbocycles. The Bertz CT molecular complexity index is 465. The summed E-state index contributed by atoms with van der Waals surface area (Å²) in [6.07, 6.45) is 0. The number of carbonyl (C=O) groups is 2. The van der Waals surface area contributed by atoms with Crippen molar-refractivity contribution >= 4 is 23.5 Å². The van der Waals surface area contributed by atoms with Crippen molar-refractivity contribution in [1.82, 2.24) is 10.6 Å². The van der Waals surface area contributed by atoms with Crippen molar-refractivity contribution in [3.8, 4) is 0 Å². The summed E-state index contributed by atoms with van der Waals surface area (Å²) in [4.78, 5) is 22.2. The van der Waals surface area contributed by atoms with Crippen molar-refractivity contribution in [3.63, 3.8) is 0 Å². The second-order valence-electron chi connectivity index (χ2n) is 4.25. The molecule has 6 heteroatoms. The van der Waals surface area contributed by atoms with Crippen molar-refractivity contribution in [2.24, 2.45) is 0 Å². The zero-order valence-electron chi connectivity index (χ0n) is 10.8. The van der Waals surface area contributed by atoms with E-state index in [4.69, 9.17) is 16.7 Å². The Kier molecular flexibility index (Phi) is 5.79. The second-order valence-corrected chi connectivity index (χ2v) is 4.66. The summed E-state index contributed by atoms with van der Waals surface area (Å²) in [5.74, 6) is -1.27. The average Bonchev–Trinajstić information content (AvgIpc) is 2.36. The topological polar surface area (TPSA) is 78.4 Å². The zero-order chi connectivity index (χ0) is 14.4. The molecule has 1 rings (SSSR count). The van der Waals surface area contributed by atoms with Crippen LogP contribution < -0.4 is 10.6 Å². The van der Waals surface area contributed by atoms with Crippen molar-refractivity contribution in [1.29, 1.82) is 0 Å². The van der Waals surface area contributed by atoms with Gasteiger partial charge < -0.3 is 10.4 Å². The van der Waals surface area contributed by atoms with Gasteiger partial charge in [0, 0.05) is 5.02 Å². The van der Waals surface area contributed by atoms with Crippen molar-refractivity contribution < 1.29 is 14.7 Å². The first-order valence-electron chi connectivity index (χ1n) is 5.91.